The van der Waals surface area contributed by atoms with Gasteiger partial charge in [0.15, 0.2) is 5.82 Å². The van der Waals surface area contributed by atoms with Gasteiger partial charge in [0.05, 0.1) is 6.61 Å². The van der Waals surface area contributed by atoms with Gasteiger partial charge in [0, 0.05) is 6.54 Å². The molecule has 0 radical (unpaired) electrons. The van der Waals surface area contributed by atoms with E-state index in [2.05, 4.69) is 14.6 Å². The van der Waals surface area contributed by atoms with Crippen LogP contribution in [0.3, 0.4) is 0 Å². The molecule has 0 saturated heterocycles. The standard InChI is InChI=1S/C11H20N4O2S/c1-4-17-11(16)8-9(12)14-18-10(8)13-6-5-7-15(2)3/h13H,4-7H2,1-3H3,(H2,12,14). The van der Waals surface area contributed by atoms with Gasteiger partial charge in [-0.25, -0.2) is 4.79 Å². The minimum Gasteiger partial charge on any atom is -0.462 e. The number of carbonyl (C=O) groups excluding carboxylic acids is 1. The molecule has 0 aliphatic carbocycles. The van der Waals surface area contributed by atoms with Gasteiger partial charge < -0.3 is 20.7 Å². The lowest BCUT2D eigenvalue weighted by Crippen LogP contribution is -2.17. The number of aromatic nitrogens is 1. The Morgan fingerprint density at radius 3 is 2.89 bits per heavy atom. The SMILES string of the molecule is CCOC(=O)c1c(N)nsc1NCCCN(C)C. The number of hydrogen-bond acceptors (Lipinski definition) is 7. The molecule has 1 aromatic rings. The summed E-state index contributed by atoms with van der Waals surface area (Å²) in [4.78, 5) is 13.8. The van der Waals surface area contributed by atoms with Gasteiger partial charge in [-0.1, -0.05) is 0 Å². The number of nitrogens with two attached hydrogens (primary N) is 1. The van der Waals surface area contributed by atoms with Crippen LogP contribution in [-0.2, 0) is 4.74 Å². The topological polar surface area (TPSA) is 80.5 Å². The summed E-state index contributed by atoms with van der Waals surface area (Å²) in [6, 6.07) is 0. The van der Waals surface area contributed by atoms with Crippen molar-refractivity contribution in [2.45, 2.75) is 13.3 Å². The molecule has 18 heavy (non-hydrogen) atoms. The van der Waals surface area contributed by atoms with Crippen LogP contribution < -0.4 is 11.1 Å². The zero-order valence-electron chi connectivity index (χ0n) is 11.0. The van der Waals surface area contributed by atoms with Gasteiger partial charge in [0.1, 0.15) is 10.6 Å². The number of ether oxygens (including phenoxy) is 1. The van der Waals surface area contributed by atoms with E-state index in [9.17, 15) is 4.79 Å². The minimum absolute atomic E-state index is 0.230. The van der Waals surface area contributed by atoms with Gasteiger partial charge in [-0.05, 0) is 45.5 Å². The predicted molar refractivity (Wildman–Crippen MR) is 74.1 cm³/mol. The summed E-state index contributed by atoms with van der Waals surface area (Å²) in [7, 11) is 4.05. The number of nitrogens with one attached hydrogen (secondary N) is 1. The Morgan fingerprint density at radius 1 is 1.56 bits per heavy atom. The Kier molecular flexibility index (Phi) is 5.87. The highest BCUT2D eigenvalue weighted by Gasteiger charge is 2.19. The summed E-state index contributed by atoms with van der Waals surface area (Å²) >= 11 is 1.19. The third-order valence-electron chi connectivity index (χ3n) is 2.27. The van der Waals surface area contributed by atoms with Crippen LogP contribution >= 0.6 is 11.5 Å². The van der Waals surface area contributed by atoms with Crippen molar-refractivity contribution in [1.82, 2.24) is 9.27 Å². The lowest BCUT2D eigenvalue weighted by Gasteiger charge is -2.10. The smallest absolute Gasteiger partial charge is 0.344 e. The molecule has 1 rings (SSSR count). The molecule has 0 unspecified atom stereocenters. The van der Waals surface area contributed by atoms with Crippen molar-refractivity contribution < 1.29 is 9.53 Å². The zero-order valence-corrected chi connectivity index (χ0v) is 11.8. The third-order valence-corrected chi connectivity index (χ3v) is 3.08. The van der Waals surface area contributed by atoms with Gasteiger partial charge in [-0.3, -0.25) is 0 Å². The molecule has 0 bridgehead atoms. The van der Waals surface area contributed by atoms with Crippen molar-refractivity contribution in [3.05, 3.63) is 5.56 Å². The first-order chi connectivity index (χ1) is 8.56. The first kappa shape index (κ1) is 14.7. The van der Waals surface area contributed by atoms with Gasteiger partial charge in [-0.2, -0.15) is 4.37 Å². The quantitative estimate of drug-likeness (QED) is 0.574. The van der Waals surface area contributed by atoms with Crippen LogP contribution in [0.5, 0.6) is 0 Å². The molecule has 3 N–H and O–H groups in total. The third kappa shape index (κ3) is 4.15. The normalized spacial score (nSPS) is 10.7. The van der Waals surface area contributed by atoms with Crippen LogP contribution in [-0.4, -0.2) is 49.0 Å². The van der Waals surface area contributed by atoms with E-state index in [0.29, 0.717) is 17.2 Å². The molecule has 0 amide bonds. The van der Waals surface area contributed by atoms with E-state index >= 15 is 0 Å². The Balaban J connectivity index is 2.58. The Labute approximate surface area is 111 Å². The van der Waals surface area contributed by atoms with Gasteiger partial charge in [0.25, 0.3) is 0 Å². The monoisotopic (exact) mass is 272 g/mol. The molecular weight excluding hydrogens is 252 g/mol. The predicted octanol–water partition coefficient (Wildman–Crippen LogP) is 1.27. The highest BCUT2D eigenvalue weighted by Crippen LogP contribution is 2.27. The fourth-order valence-corrected chi connectivity index (χ4v) is 2.15. The number of nitrogens with zero attached hydrogens (tertiary/aromatic N) is 2. The van der Waals surface area contributed by atoms with Crippen LogP contribution in [0.1, 0.15) is 23.7 Å². The van der Waals surface area contributed by atoms with Crippen LogP contribution in [0.4, 0.5) is 10.8 Å². The zero-order chi connectivity index (χ0) is 13.5. The van der Waals surface area contributed by atoms with Crippen LogP contribution in [0.2, 0.25) is 0 Å². The molecule has 0 aromatic carbocycles. The van der Waals surface area contributed by atoms with E-state index in [4.69, 9.17) is 10.5 Å². The maximum absolute atomic E-state index is 11.7. The van der Waals surface area contributed by atoms with Gasteiger partial charge in [0.2, 0.25) is 0 Å². The second-order valence-electron chi connectivity index (χ2n) is 4.08. The van der Waals surface area contributed by atoms with Crippen molar-refractivity contribution in [3.63, 3.8) is 0 Å². The van der Waals surface area contributed by atoms with Crippen molar-refractivity contribution >= 4 is 28.3 Å². The summed E-state index contributed by atoms with van der Waals surface area (Å²) in [6.45, 7) is 3.84. The maximum Gasteiger partial charge on any atom is 0.344 e. The molecule has 0 saturated carbocycles. The van der Waals surface area contributed by atoms with Crippen molar-refractivity contribution in [2.24, 2.45) is 0 Å². The first-order valence-electron chi connectivity index (χ1n) is 5.87. The summed E-state index contributed by atoms with van der Waals surface area (Å²) in [6.07, 6.45) is 0.979. The Bertz CT molecular complexity index is 392. The molecule has 0 aliphatic rings. The number of nitrogen functional groups attached to an aromatic ring is 1. The van der Waals surface area contributed by atoms with E-state index in [1.165, 1.54) is 11.5 Å². The summed E-state index contributed by atoms with van der Waals surface area (Å²) in [5.41, 5.74) is 6.03. The lowest BCUT2D eigenvalue weighted by atomic mass is 10.3. The summed E-state index contributed by atoms with van der Waals surface area (Å²) < 4.78 is 8.93. The number of carbonyl (C=O) groups is 1. The molecule has 1 heterocycles. The van der Waals surface area contributed by atoms with E-state index in [1.807, 2.05) is 14.1 Å². The molecule has 0 atom stereocenters. The van der Waals surface area contributed by atoms with Crippen LogP contribution in [0.15, 0.2) is 0 Å². The van der Waals surface area contributed by atoms with Crippen molar-refractivity contribution in [2.75, 3.05) is 44.8 Å². The number of rotatable bonds is 7. The second-order valence-corrected chi connectivity index (χ2v) is 4.85. The van der Waals surface area contributed by atoms with Crippen LogP contribution in [0, 0.1) is 0 Å². The van der Waals surface area contributed by atoms with Crippen molar-refractivity contribution in [1.29, 1.82) is 0 Å². The highest BCUT2D eigenvalue weighted by atomic mass is 32.1. The molecule has 0 fully saturated rings. The number of anilines is 2. The average molecular weight is 272 g/mol. The Morgan fingerprint density at radius 2 is 2.28 bits per heavy atom. The fourth-order valence-electron chi connectivity index (χ4n) is 1.42. The second kappa shape index (κ2) is 7.17. The maximum atomic E-state index is 11.7. The van der Waals surface area contributed by atoms with Gasteiger partial charge in [-0.15, -0.1) is 0 Å². The molecule has 102 valence electrons. The molecule has 7 heteroatoms. The van der Waals surface area contributed by atoms with Crippen molar-refractivity contribution in [3.8, 4) is 0 Å². The molecule has 0 aliphatic heterocycles. The minimum atomic E-state index is -0.418. The fraction of sp³-hybridized carbons (Fsp3) is 0.636. The average Bonchev–Trinajstić information content (AvgIpc) is 2.66. The van der Waals surface area contributed by atoms with Gasteiger partial charge >= 0.3 is 5.97 Å². The summed E-state index contributed by atoms with van der Waals surface area (Å²) in [5.74, 6) is -0.188. The van der Waals surface area contributed by atoms with E-state index in [1.54, 1.807) is 6.92 Å². The molecule has 0 spiro atoms. The first-order valence-corrected chi connectivity index (χ1v) is 6.64. The van der Waals surface area contributed by atoms with E-state index < -0.39 is 5.97 Å². The molecular formula is C11H20N4O2S. The van der Waals surface area contributed by atoms with Crippen LogP contribution in [0.25, 0.3) is 0 Å². The Hall–Kier alpha value is -1.34. The number of hydrogen-bond donors (Lipinski definition) is 2. The number of esters is 1. The molecule has 1 aromatic heterocycles. The highest BCUT2D eigenvalue weighted by molar-refractivity contribution is 7.11. The van der Waals surface area contributed by atoms with E-state index in [0.717, 1.165) is 19.5 Å². The largest absolute Gasteiger partial charge is 0.462 e. The molecule has 6 nitrogen and oxygen atoms in total. The summed E-state index contributed by atoms with van der Waals surface area (Å²) in [5, 5.41) is 3.86. The van der Waals surface area contributed by atoms with E-state index in [-0.39, 0.29) is 5.82 Å². The lowest BCUT2D eigenvalue weighted by molar-refractivity contribution is 0.0529.